The minimum Gasteiger partial charge on any atom is -0.495 e. The number of halogens is 1. The van der Waals surface area contributed by atoms with Crippen molar-refractivity contribution in [2.75, 3.05) is 20.2 Å². The Morgan fingerprint density at radius 2 is 1.83 bits per heavy atom. The maximum absolute atomic E-state index is 13.3. The number of carbonyl (C=O) groups is 1. The van der Waals surface area contributed by atoms with Gasteiger partial charge in [0.1, 0.15) is 22.0 Å². The highest BCUT2D eigenvalue weighted by Crippen LogP contribution is 2.43. The lowest BCUT2D eigenvalue weighted by Crippen LogP contribution is -2.52. The molecule has 0 bridgehead atoms. The molecule has 160 valence electrons. The number of piperidine rings is 1. The fourth-order valence-electron chi connectivity index (χ4n) is 4.25. The third kappa shape index (κ3) is 3.59. The van der Waals surface area contributed by atoms with E-state index in [9.17, 15) is 13.2 Å². The number of methoxy groups -OCH3 is 1. The number of ketones is 1. The Morgan fingerprint density at radius 3 is 2.50 bits per heavy atom. The van der Waals surface area contributed by atoms with Crippen molar-refractivity contribution in [3.8, 4) is 11.5 Å². The monoisotopic (exact) mass is 449 g/mol. The summed E-state index contributed by atoms with van der Waals surface area (Å²) in [5, 5.41) is 0.507. The molecule has 0 amide bonds. The van der Waals surface area contributed by atoms with Crippen LogP contribution in [0.5, 0.6) is 11.5 Å². The maximum Gasteiger partial charge on any atom is 0.246 e. The first kappa shape index (κ1) is 21.2. The molecular weight excluding hydrogens is 426 g/mol. The summed E-state index contributed by atoms with van der Waals surface area (Å²) < 4.78 is 39.6. The van der Waals surface area contributed by atoms with Crippen LogP contribution in [0.4, 0.5) is 0 Å². The van der Waals surface area contributed by atoms with Crippen LogP contribution in [0.1, 0.15) is 40.7 Å². The lowest BCUT2D eigenvalue weighted by Gasteiger charge is -2.44. The molecule has 2 aliphatic heterocycles. The number of aryl methyl sites for hydroxylation is 2. The fraction of sp³-hybridized carbons (Fsp3) is 0.409. The molecule has 0 unspecified atom stereocenters. The van der Waals surface area contributed by atoms with E-state index in [2.05, 4.69) is 0 Å². The largest absolute Gasteiger partial charge is 0.495 e. The molecule has 0 atom stereocenters. The van der Waals surface area contributed by atoms with E-state index in [4.69, 9.17) is 21.1 Å². The third-order valence-corrected chi connectivity index (χ3v) is 8.05. The molecule has 2 aromatic carbocycles. The van der Waals surface area contributed by atoms with E-state index >= 15 is 0 Å². The van der Waals surface area contributed by atoms with E-state index in [1.165, 1.54) is 11.4 Å². The third-order valence-electron chi connectivity index (χ3n) is 5.91. The van der Waals surface area contributed by atoms with E-state index in [-0.39, 0.29) is 30.2 Å². The van der Waals surface area contributed by atoms with Gasteiger partial charge < -0.3 is 9.47 Å². The predicted molar refractivity (Wildman–Crippen MR) is 114 cm³/mol. The second-order valence-corrected chi connectivity index (χ2v) is 10.4. The van der Waals surface area contributed by atoms with Crippen molar-refractivity contribution in [2.24, 2.45) is 0 Å². The Kier molecular flexibility index (Phi) is 5.33. The fourth-order valence-corrected chi connectivity index (χ4v) is 6.21. The molecule has 2 heterocycles. The summed E-state index contributed by atoms with van der Waals surface area (Å²) in [5.74, 6) is 0.872. The van der Waals surface area contributed by atoms with Crippen molar-refractivity contribution in [1.29, 1.82) is 0 Å². The number of nitrogens with zero attached hydrogens (tertiary/aromatic N) is 1. The first-order valence-electron chi connectivity index (χ1n) is 9.82. The van der Waals surface area contributed by atoms with Gasteiger partial charge in [-0.15, -0.1) is 0 Å². The summed E-state index contributed by atoms with van der Waals surface area (Å²) in [4.78, 5) is 13.0. The van der Waals surface area contributed by atoms with Crippen LogP contribution in [0.2, 0.25) is 5.02 Å². The van der Waals surface area contributed by atoms with Crippen LogP contribution in [-0.4, -0.2) is 44.3 Å². The highest BCUT2D eigenvalue weighted by atomic mass is 35.5. The first-order chi connectivity index (χ1) is 14.1. The zero-order chi connectivity index (χ0) is 21.7. The van der Waals surface area contributed by atoms with Gasteiger partial charge in [0, 0.05) is 31.0 Å². The van der Waals surface area contributed by atoms with E-state index in [1.54, 1.807) is 24.3 Å². The van der Waals surface area contributed by atoms with Gasteiger partial charge in [-0.25, -0.2) is 8.42 Å². The number of carbonyl (C=O) groups excluding carboxylic acids is 1. The second kappa shape index (κ2) is 7.55. The van der Waals surface area contributed by atoms with Gasteiger partial charge in [0.2, 0.25) is 10.0 Å². The molecule has 0 aliphatic carbocycles. The lowest BCUT2D eigenvalue weighted by atomic mass is 9.82. The summed E-state index contributed by atoms with van der Waals surface area (Å²) >= 11 is 6.10. The molecule has 30 heavy (non-hydrogen) atoms. The van der Waals surface area contributed by atoms with Gasteiger partial charge in [-0.2, -0.15) is 4.31 Å². The SMILES string of the molecule is COc1ccc(C)cc1S(=O)(=O)N1CCC2(CC1)CC(=O)c1cc(Cl)cc(C)c1O2. The number of ether oxygens (including phenoxy) is 2. The van der Waals surface area contributed by atoms with E-state index in [0.717, 1.165) is 11.1 Å². The summed E-state index contributed by atoms with van der Waals surface area (Å²) in [5.41, 5.74) is 1.47. The average Bonchev–Trinajstić information content (AvgIpc) is 2.69. The van der Waals surface area contributed by atoms with E-state index in [0.29, 0.717) is 34.9 Å². The summed E-state index contributed by atoms with van der Waals surface area (Å²) in [6, 6.07) is 8.53. The van der Waals surface area contributed by atoms with E-state index < -0.39 is 15.6 Å². The van der Waals surface area contributed by atoms with Crippen molar-refractivity contribution in [3.05, 3.63) is 52.0 Å². The summed E-state index contributed by atoms with van der Waals surface area (Å²) in [6.45, 7) is 4.25. The highest BCUT2D eigenvalue weighted by Gasteiger charge is 2.45. The van der Waals surface area contributed by atoms with Crippen molar-refractivity contribution < 1.29 is 22.7 Å². The molecule has 0 saturated carbocycles. The Labute approximate surface area is 181 Å². The van der Waals surface area contributed by atoms with Gasteiger partial charge in [0.05, 0.1) is 19.1 Å². The van der Waals surface area contributed by atoms with Crippen LogP contribution >= 0.6 is 11.6 Å². The van der Waals surface area contributed by atoms with Gasteiger partial charge in [-0.05, 0) is 49.2 Å². The molecule has 2 aromatic rings. The molecule has 0 aromatic heterocycles. The Bertz CT molecular complexity index is 1120. The van der Waals surface area contributed by atoms with Gasteiger partial charge >= 0.3 is 0 Å². The minimum atomic E-state index is -3.72. The number of rotatable bonds is 3. The molecule has 0 radical (unpaired) electrons. The molecule has 2 aliphatic rings. The van der Waals surface area contributed by atoms with Gasteiger partial charge in [0.15, 0.2) is 5.78 Å². The number of hydrogen-bond acceptors (Lipinski definition) is 5. The topological polar surface area (TPSA) is 72.9 Å². The van der Waals surface area contributed by atoms with Crippen LogP contribution in [0.25, 0.3) is 0 Å². The first-order valence-corrected chi connectivity index (χ1v) is 11.6. The zero-order valence-electron chi connectivity index (χ0n) is 17.2. The molecule has 8 heteroatoms. The number of hydrogen-bond donors (Lipinski definition) is 0. The second-order valence-electron chi connectivity index (χ2n) is 8.04. The van der Waals surface area contributed by atoms with Crippen LogP contribution in [0, 0.1) is 13.8 Å². The normalized spacial score (nSPS) is 18.7. The van der Waals surface area contributed by atoms with Crippen LogP contribution < -0.4 is 9.47 Å². The molecule has 1 spiro atoms. The number of fused-ring (bicyclic) bond motifs is 1. The molecule has 4 rings (SSSR count). The Morgan fingerprint density at radius 1 is 1.13 bits per heavy atom. The van der Waals surface area contributed by atoms with Crippen molar-refractivity contribution >= 4 is 27.4 Å². The van der Waals surface area contributed by atoms with Gasteiger partial charge in [-0.1, -0.05) is 17.7 Å². The summed E-state index contributed by atoms with van der Waals surface area (Å²) in [6.07, 6.45) is 1.10. The van der Waals surface area contributed by atoms with Crippen LogP contribution in [0.15, 0.2) is 35.2 Å². The zero-order valence-corrected chi connectivity index (χ0v) is 18.8. The quantitative estimate of drug-likeness (QED) is 0.703. The number of sulfonamides is 1. The van der Waals surface area contributed by atoms with Crippen molar-refractivity contribution in [3.63, 3.8) is 0 Å². The number of Topliss-reactive ketones (excluding diaryl/α,β-unsaturated/α-hetero) is 1. The molecule has 1 saturated heterocycles. The molecule has 1 fully saturated rings. The van der Waals surface area contributed by atoms with Crippen LogP contribution in [-0.2, 0) is 10.0 Å². The van der Waals surface area contributed by atoms with Crippen molar-refractivity contribution in [1.82, 2.24) is 4.31 Å². The Hall–Kier alpha value is -2.09. The van der Waals surface area contributed by atoms with Gasteiger partial charge in [0.25, 0.3) is 0 Å². The summed E-state index contributed by atoms with van der Waals surface area (Å²) in [7, 11) is -2.26. The maximum atomic E-state index is 13.3. The standard InChI is InChI=1S/C22H24ClNO5S/c1-14-4-5-19(28-3)20(10-14)30(26,27)24-8-6-22(7-9-24)13-18(25)17-12-16(23)11-15(2)21(17)29-22/h4-5,10-12H,6-9,13H2,1-3H3. The van der Waals surface area contributed by atoms with E-state index in [1.807, 2.05) is 19.9 Å². The van der Waals surface area contributed by atoms with Crippen molar-refractivity contribution in [2.45, 2.75) is 43.6 Å². The average molecular weight is 450 g/mol. The molecule has 6 nitrogen and oxygen atoms in total. The smallest absolute Gasteiger partial charge is 0.246 e. The Balaban J connectivity index is 1.58. The molecule has 0 N–H and O–H groups in total. The minimum absolute atomic E-state index is 0.0153. The van der Waals surface area contributed by atoms with Crippen LogP contribution in [0.3, 0.4) is 0 Å². The number of benzene rings is 2. The molecular formula is C22H24ClNO5S. The highest BCUT2D eigenvalue weighted by molar-refractivity contribution is 7.89. The van der Waals surface area contributed by atoms with Gasteiger partial charge in [-0.3, -0.25) is 4.79 Å². The lowest BCUT2D eigenvalue weighted by molar-refractivity contribution is 0.00535. The predicted octanol–water partition coefficient (Wildman–Crippen LogP) is 4.15.